The first-order chi connectivity index (χ1) is 9.90. The molecule has 0 bridgehead atoms. The van der Waals surface area contributed by atoms with Crippen LogP contribution in [0.1, 0.15) is 5.56 Å². The average molecular weight is 362 g/mol. The van der Waals surface area contributed by atoms with Gasteiger partial charge in [0.1, 0.15) is 0 Å². The Bertz CT molecular complexity index is 739. The van der Waals surface area contributed by atoms with E-state index in [0.717, 1.165) is 6.08 Å². The highest BCUT2D eigenvalue weighted by atomic mass is 35.5. The number of carboxylic acid groups (broad SMARTS) is 1. The molecular formula is C15H8Cl4O2. The van der Waals surface area contributed by atoms with Gasteiger partial charge in [-0.2, -0.15) is 0 Å². The Morgan fingerprint density at radius 3 is 2.29 bits per heavy atom. The maximum Gasteiger partial charge on any atom is 0.328 e. The smallest absolute Gasteiger partial charge is 0.328 e. The minimum absolute atomic E-state index is 0.249. The normalized spacial score (nSPS) is 11.0. The lowest BCUT2D eigenvalue weighted by molar-refractivity contribution is -0.131. The van der Waals surface area contributed by atoms with Gasteiger partial charge >= 0.3 is 5.97 Å². The molecule has 0 heterocycles. The van der Waals surface area contributed by atoms with Crippen molar-refractivity contribution in [3.8, 4) is 11.1 Å². The number of carboxylic acids is 1. The summed E-state index contributed by atoms with van der Waals surface area (Å²) in [5.74, 6) is -1.05. The molecule has 21 heavy (non-hydrogen) atoms. The standard InChI is InChI=1S/C15H8Cl4O2/c16-9-2-3-10(8(7-9)1-6-13(20)21)11-4-5-12(17)15(19)14(11)18/h1-7H,(H,20,21)/b6-1-. The van der Waals surface area contributed by atoms with Crippen molar-refractivity contribution in [1.29, 1.82) is 0 Å². The lowest BCUT2D eigenvalue weighted by Gasteiger charge is -2.11. The van der Waals surface area contributed by atoms with Crippen LogP contribution < -0.4 is 0 Å². The van der Waals surface area contributed by atoms with Gasteiger partial charge in [-0.25, -0.2) is 4.79 Å². The summed E-state index contributed by atoms with van der Waals surface area (Å²) in [6, 6.07) is 8.43. The molecule has 6 heteroatoms. The second kappa shape index (κ2) is 6.71. The van der Waals surface area contributed by atoms with Gasteiger partial charge in [-0.1, -0.05) is 58.5 Å². The van der Waals surface area contributed by atoms with Gasteiger partial charge in [-0.3, -0.25) is 0 Å². The van der Waals surface area contributed by atoms with Gasteiger partial charge in [0.2, 0.25) is 0 Å². The van der Waals surface area contributed by atoms with E-state index in [1.807, 2.05) is 0 Å². The first kappa shape index (κ1) is 16.2. The predicted octanol–water partition coefficient (Wildman–Crippen LogP) is 6.07. The fourth-order valence-corrected chi connectivity index (χ4v) is 2.63. The summed E-state index contributed by atoms with van der Waals surface area (Å²) in [4.78, 5) is 10.7. The van der Waals surface area contributed by atoms with Crippen molar-refractivity contribution in [3.63, 3.8) is 0 Å². The topological polar surface area (TPSA) is 37.3 Å². The Hall–Kier alpha value is -1.19. The number of aliphatic carboxylic acids is 1. The molecule has 2 aromatic rings. The number of halogens is 4. The largest absolute Gasteiger partial charge is 0.478 e. The van der Waals surface area contributed by atoms with E-state index in [4.69, 9.17) is 51.5 Å². The minimum Gasteiger partial charge on any atom is -0.478 e. The zero-order valence-electron chi connectivity index (χ0n) is 10.4. The van der Waals surface area contributed by atoms with Crippen LogP contribution in [0.15, 0.2) is 36.4 Å². The molecule has 0 spiro atoms. The van der Waals surface area contributed by atoms with Crippen LogP contribution in [-0.4, -0.2) is 11.1 Å². The van der Waals surface area contributed by atoms with Crippen LogP contribution in [0, 0.1) is 0 Å². The van der Waals surface area contributed by atoms with Crippen molar-refractivity contribution >= 4 is 58.4 Å². The molecule has 2 nitrogen and oxygen atoms in total. The Balaban J connectivity index is 2.64. The first-order valence-corrected chi connectivity index (χ1v) is 7.25. The monoisotopic (exact) mass is 360 g/mol. The van der Waals surface area contributed by atoms with Crippen molar-refractivity contribution < 1.29 is 9.90 Å². The number of carbonyl (C=O) groups is 1. The van der Waals surface area contributed by atoms with Gasteiger partial charge in [0.25, 0.3) is 0 Å². The van der Waals surface area contributed by atoms with Gasteiger partial charge in [0.05, 0.1) is 15.1 Å². The Labute approximate surface area is 141 Å². The van der Waals surface area contributed by atoms with E-state index < -0.39 is 5.97 Å². The number of hydrogen-bond donors (Lipinski definition) is 1. The van der Waals surface area contributed by atoms with Crippen LogP contribution in [0.4, 0.5) is 0 Å². The number of hydrogen-bond acceptors (Lipinski definition) is 1. The van der Waals surface area contributed by atoms with E-state index in [-0.39, 0.29) is 5.02 Å². The van der Waals surface area contributed by atoms with Crippen LogP contribution in [0.2, 0.25) is 20.1 Å². The third kappa shape index (κ3) is 3.72. The average Bonchev–Trinajstić information content (AvgIpc) is 2.44. The SMILES string of the molecule is O=C(O)/C=C\c1cc(Cl)ccc1-c1ccc(Cl)c(Cl)c1Cl. The molecule has 2 rings (SSSR count). The molecule has 0 atom stereocenters. The quantitative estimate of drug-likeness (QED) is 0.532. The molecule has 1 N–H and O–H groups in total. The van der Waals surface area contributed by atoms with Crippen molar-refractivity contribution in [2.24, 2.45) is 0 Å². The van der Waals surface area contributed by atoms with Crippen molar-refractivity contribution in [2.75, 3.05) is 0 Å². The van der Waals surface area contributed by atoms with E-state index in [1.165, 1.54) is 6.08 Å². The molecule has 2 aromatic carbocycles. The van der Waals surface area contributed by atoms with E-state index in [2.05, 4.69) is 0 Å². The summed E-state index contributed by atoms with van der Waals surface area (Å²) in [6.45, 7) is 0. The molecule has 0 radical (unpaired) electrons. The molecule has 0 saturated carbocycles. The van der Waals surface area contributed by atoms with E-state index >= 15 is 0 Å². The van der Waals surface area contributed by atoms with Crippen molar-refractivity contribution in [2.45, 2.75) is 0 Å². The molecule has 0 aromatic heterocycles. The molecule has 0 unspecified atom stereocenters. The Morgan fingerprint density at radius 1 is 0.952 bits per heavy atom. The molecule has 0 aliphatic heterocycles. The molecule has 108 valence electrons. The highest BCUT2D eigenvalue weighted by molar-refractivity contribution is 6.49. The van der Waals surface area contributed by atoms with Crippen LogP contribution >= 0.6 is 46.4 Å². The summed E-state index contributed by atoms with van der Waals surface area (Å²) >= 11 is 24.1. The van der Waals surface area contributed by atoms with Crippen LogP contribution in [0.25, 0.3) is 17.2 Å². The molecule has 0 saturated heterocycles. The van der Waals surface area contributed by atoms with Crippen molar-refractivity contribution in [3.05, 3.63) is 62.1 Å². The van der Waals surface area contributed by atoms with Crippen LogP contribution in [0.3, 0.4) is 0 Å². The van der Waals surface area contributed by atoms with Gasteiger partial charge in [-0.05, 0) is 35.4 Å². The van der Waals surface area contributed by atoms with Crippen LogP contribution in [0.5, 0.6) is 0 Å². The van der Waals surface area contributed by atoms with E-state index in [1.54, 1.807) is 30.3 Å². The summed E-state index contributed by atoms with van der Waals surface area (Å²) in [5, 5.41) is 10.1. The second-order valence-corrected chi connectivity index (χ2v) is 5.73. The number of rotatable bonds is 3. The minimum atomic E-state index is -1.05. The van der Waals surface area contributed by atoms with Crippen LogP contribution in [-0.2, 0) is 4.79 Å². The zero-order valence-corrected chi connectivity index (χ0v) is 13.4. The van der Waals surface area contributed by atoms with Gasteiger partial charge in [0, 0.05) is 16.7 Å². The fraction of sp³-hybridized carbons (Fsp3) is 0. The lowest BCUT2D eigenvalue weighted by atomic mass is 9.99. The molecule has 0 aliphatic carbocycles. The highest BCUT2D eigenvalue weighted by Gasteiger charge is 2.13. The third-order valence-electron chi connectivity index (χ3n) is 2.74. The summed E-state index contributed by atoms with van der Waals surface area (Å²) in [6.07, 6.45) is 2.48. The summed E-state index contributed by atoms with van der Waals surface area (Å²) < 4.78 is 0. The Morgan fingerprint density at radius 2 is 1.62 bits per heavy atom. The molecular weight excluding hydrogens is 354 g/mol. The molecule has 0 amide bonds. The summed E-state index contributed by atoms with van der Waals surface area (Å²) in [5.41, 5.74) is 1.97. The summed E-state index contributed by atoms with van der Waals surface area (Å²) in [7, 11) is 0. The second-order valence-electron chi connectivity index (χ2n) is 4.13. The lowest BCUT2D eigenvalue weighted by Crippen LogP contribution is -1.89. The third-order valence-corrected chi connectivity index (χ3v) is 4.27. The van der Waals surface area contributed by atoms with Crippen molar-refractivity contribution in [1.82, 2.24) is 0 Å². The first-order valence-electron chi connectivity index (χ1n) is 5.74. The highest BCUT2D eigenvalue weighted by Crippen LogP contribution is 2.39. The van der Waals surface area contributed by atoms with E-state index in [9.17, 15) is 4.79 Å². The van der Waals surface area contributed by atoms with Gasteiger partial charge < -0.3 is 5.11 Å². The Kier molecular flexibility index (Phi) is 5.17. The van der Waals surface area contributed by atoms with Gasteiger partial charge in [-0.15, -0.1) is 0 Å². The maximum absolute atomic E-state index is 10.7. The zero-order chi connectivity index (χ0) is 15.6. The van der Waals surface area contributed by atoms with Gasteiger partial charge in [0.15, 0.2) is 0 Å². The van der Waals surface area contributed by atoms with E-state index in [0.29, 0.717) is 31.8 Å². The fourth-order valence-electron chi connectivity index (χ4n) is 1.81. The number of benzene rings is 2. The predicted molar refractivity (Wildman–Crippen MR) is 88.6 cm³/mol. The molecule has 0 fully saturated rings. The maximum atomic E-state index is 10.7. The molecule has 0 aliphatic rings.